The van der Waals surface area contributed by atoms with Crippen molar-refractivity contribution in [1.29, 1.82) is 0 Å². The molecule has 1 saturated heterocycles. The summed E-state index contributed by atoms with van der Waals surface area (Å²) in [6.45, 7) is 0.571. The van der Waals surface area contributed by atoms with Gasteiger partial charge in [0.05, 0.1) is 5.56 Å². The molecule has 4 rings (SSSR count). The van der Waals surface area contributed by atoms with Crippen molar-refractivity contribution in [2.45, 2.75) is 23.9 Å². The second kappa shape index (κ2) is 8.57. The van der Waals surface area contributed by atoms with Gasteiger partial charge in [-0.15, -0.1) is 0 Å². The quantitative estimate of drug-likeness (QED) is 0.356. The lowest BCUT2D eigenvalue weighted by molar-refractivity contribution is -0.137. The molecule has 0 N–H and O–H groups in total. The maximum Gasteiger partial charge on any atom is 0.416 e. The van der Waals surface area contributed by atoms with Crippen LogP contribution in [0.25, 0.3) is 10.8 Å². The number of halogens is 3. The van der Waals surface area contributed by atoms with Gasteiger partial charge < -0.3 is 9.47 Å². The van der Waals surface area contributed by atoms with Gasteiger partial charge in [0.2, 0.25) is 0 Å². The van der Waals surface area contributed by atoms with Crippen LogP contribution in [0.15, 0.2) is 65.6 Å². The molecule has 1 aliphatic rings. The summed E-state index contributed by atoms with van der Waals surface area (Å²) >= 11 is 0. The Labute approximate surface area is 171 Å². The molecule has 29 heavy (non-hydrogen) atoms. The Kier molecular flexibility index (Phi) is 5.90. The summed E-state index contributed by atoms with van der Waals surface area (Å²) in [7, 11) is 0.325. The molecule has 0 atom stereocenters. The first-order valence-corrected chi connectivity index (χ1v) is 11.2. The Morgan fingerprint density at radius 1 is 0.759 bits per heavy atom. The summed E-state index contributed by atoms with van der Waals surface area (Å²) in [5, 5.41) is 2.35. The van der Waals surface area contributed by atoms with Gasteiger partial charge in [0.15, 0.2) is 4.90 Å². The Morgan fingerprint density at radius 2 is 1.41 bits per heavy atom. The van der Waals surface area contributed by atoms with Crippen molar-refractivity contribution in [1.82, 2.24) is 0 Å². The predicted molar refractivity (Wildman–Crippen MR) is 111 cm³/mol. The predicted octanol–water partition coefficient (Wildman–Crippen LogP) is 6.09. The van der Waals surface area contributed by atoms with E-state index in [2.05, 4.69) is 24.3 Å². The average molecular weight is 419 g/mol. The minimum Gasteiger partial charge on any atom is -0.490 e. The van der Waals surface area contributed by atoms with E-state index in [1.54, 1.807) is 0 Å². The Hall–Kier alpha value is -2.34. The van der Waals surface area contributed by atoms with Crippen LogP contribution in [0.3, 0.4) is 0 Å². The largest absolute Gasteiger partial charge is 0.490 e. The lowest BCUT2D eigenvalue weighted by atomic mass is 10.1. The van der Waals surface area contributed by atoms with E-state index in [9.17, 15) is 13.2 Å². The van der Waals surface area contributed by atoms with Gasteiger partial charge in [-0.2, -0.15) is 13.2 Å². The second-order valence-corrected chi connectivity index (χ2v) is 9.18. The Bertz CT molecular complexity index is 964. The van der Waals surface area contributed by atoms with Crippen LogP contribution in [0.5, 0.6) is 11.5 Å². The van der Waals surface area contributed by atoms with E-state index in [0.717, 1.165) is 23.3 Å². The van der Waals surface area contributed by atoms with Crippen molar-refractivity contribution in [2.24, 2.45) is 0 Å². The van der Waals surface area contributed by atoms with Crippen molar-refractivity contribution < 1.29 is 22.6 Å². The molecule has 0 saturated carbocycles. The number of alkyl halides is 3. The molecule has 3 aromatic rings. The van der Waals surface area contributed by atoms with Gasteiger partial charge in [-0.1, -0.05) is 18.2 Å². The maximum absolute atomic E-state index is 12.6. The van der Waals surface area contributed by atoms with Gasteiger partial charge in [-0.3, -0.25) is 0 Å². The molecule has 2 nitrogen and oxygen atoms in total. The van der Waals surface area contributed by atoms with Gasteiger partial charge in [0, 0.05) is 21.7 Å². The third kappa shape index (κ3) is 4.64. The molecular weight excluding hydrogens is 397 g/mol. The zero-order chi connectivity index (χ0) is 20.3. The van der Waals surface area contributed by atoms with Crippen LogP contribution < -0.4 is 9.47 Å². The number of benzene rings is 3. The summed E-state index contributed by atoms with van der Waals surface area (Å²) in [5.74, 6) is 3.74. The standard InChI is InChI=1S/C23H22F3O2S/c24-23(25,26)17-7-9-18(10-8-17)27-13-14-28-21-11-12-22(29-15-3-4-16-29)20-6-2-1-5-19(20)21/h1-2,5-12H,3-4,13-16H2/q+1. The third-order valence-corrected chi connectivity index (χ3v) is 7.52. The summed E-state index contributed by atoms with van der Waals surface area (Å²) in [6, 6.07) is 17.2. The van der Waals surface area contributed by atoms with E-state index in [-0.39, 0.29) is 6.61 Å². The minimum atomic E-state index is -4.34. The fourth-order valence-corrected chi connectivity index (χ4v) is 6.05. The molecule has 0 unspecified atom stereocenters. The van der Waals surface area contributed by atoms with Gasteiger partial charge in [0.1, 0.15) is 36.2 Å². The van der Waals surface area contributed by atoms with Crippen LogP contribution in [-0.2, 0) is 17.1 Å². The van der Waals surface area contributed by atoms with Crippen molar-refractivity contribution in [2.75, 3.05) is 24.7 Å². The molecule has 1 heterocycles. The van der Waals surface area contributed by atoms with Gasteiger partial charge in [-0.05, 0) is 55.3 Å². The molecule has 0 aliphatic carbocycles. The van der Waals surface area contributed by atoms with Crippen molar-refractivity contribution >= 4 is 21.7 Å². The Balaban J connectivity index is 1.39. The molecule has 0 radical (unpaired) electrons. The average Bonchev–Trinajstić information content (AvgIpc) is 3.25. The molecule has 0 amide bonds. The molecule has 0 spiro atoms. The zero-order valence-corrected chi connectivity index (χ0v) is 16.7. The summed E-state index contributed by atoms with van der Waals surface area (Å²) in [4.78, 5) is 1.42. The molecule has 0 bridgehead atoms. The summed E-state index contributed by atoms with van der Waals surface area (Å²) in [6.07, 6.45) is -1.73. The van der Waals surface area contributed by atoms with Gasteiger partial charge in [0.25, 0.3) is 0 Å². The lowest BCUT2D eigenvalue weighted by Gasteiger charge is -2.13. The SMILES string of the molecule is FC(F)(F)c1ccc(OCCOc2ccc([S+]3CCCC3)c3ccccc23)cc1. The molecule has 0 aromatic heterocycles. The van der Waals surface area contributed by atoms with Crippen LogP contribution in [0.2, 0.25) is 0 Å². The first-order valence-electron chi connectivity index (χ1n) is 9.64. The number of fused-ring (bicyclic) bond motifs is 1. The second-order valence-electron chi connectivity index (χ2n) is 6.93. The highest BCUT2D eigenvalue weighted by Gasteiger charge is 2.30. The highest BCUT2D eigenvalue weighted by atomic mass is 32.2. The van der Waals surface area contributed by atoms with E-state index in [0.29, 0.717) is 23.3 Å². The molecule has 3 aromatic carbocycles. The van der Waals surface area contributed by atoms with Crippen molar-refractivity contribution in [3.63, 3.8) is 0 Å². The fraction of sp³-hybridized carbons (Fsp3) is 0.304. The fourth-order valence-electron chi connectivity index (χ4n) is 3.55. The summed E-state index contributed by atoms with van der Waals surface area (Å²) in [5.41, 5.74) is -0.685. The number of hydrogen-bond donors (Lipinski definition) is 0. The van der Waals surface area contributed by atoms with Gasteiger partial charge >= 0.3 is 6.18 Å². The smallest absolute Gasteiger partial charge is 0.416 e. The van der Waals surface area contributed by atoms with E-state index in [1.807, 2.05) is 12.1 Å². The highest BCUT2D eigenvalue weighted by molar-refractivity contribution is 7.97. The first-order chi connectivity index (χ1) is 14.0. The topological polar surface area (TPSA) is 18.5 Å². The Morgan fingerprint density at radius 3 is 2.10 bits per heavy atom. The number of rotatable bonds is 6. The summed E-state index contributed by atoms with van der Waals surface area (Å²) < 4.78 is 49.3. The maximum atomic E-state index is 12.6. The molecule has 152 valence electrons. The van der Waals surface area contributed by atoms with E-state index in [4.69, 9.17) is 9.47 Å². The zero-order valence-electron chi connectivity index (χ0n) is 15.9. The van der Waals surface area contributed by atoms with Crippen LogP contribution >= 0.6 is 0 Å². The van der Waals surface area contributed by atoms with Crippen molar-refractivity contribution in [3.8, 4) is 11.5 Å². The van der Waals surface area contributed by atoms with Gasteiger partial charge in [-0.25, -0.2) is 0 Å². The number of ether oxygens (including phenoxy) is 2. The van der Waals surface area contributed by atoms with Crippen LogP contribution in [-0.4, -0.2) is 24.7 Å². The van der Waals surface area contributed by atoms with Crippen molar-refractivity contribution in [3.05, 3.63) is 66.2 Å². The first kappa shape index (κ1) is 20.0. The third-order valence-electron chi connectivity index (χ3n) is 4.98. The minimum absolute atomic E-state index is 0.256. The van der Waals surface area contributed by atoms with E-state index in [1.165, 1.54) is 46.8 Å². The van der Waals surface area contributed by atoms with Crippen LogP contribution in [0.4, 0.5) is 13.2 Å². The normalized spacial score (nSPS) is 15.0. The van der Waals surface area contributed by atoms with Crippen LogP contribution in [0, 0.1) is 0 Å². The van der Waals surface area contributed by atoms with Crippen LogP contribution in [0.1, 0.15) is 18.4 Å². The van der Waals surface area contributed by atoms with E-state index >= 15 is 0 Å². The molecule has 1 aliphatic heterocycles. The highest BCUT2D eigenvalue weighted by Crippen LogP contribution is 2.35. The lowest BCUT2D eigenvalue weighted by Crippen LogP contribution is -2.10. The molecule has 6 heteroatoms. The molecular formula is C23H22F3O2S+. The monoisotopic (exact) mass is 419 g/mol. The van der Waals surface area contributed by atoms with E-state index < -0.39 is 11.7 Å². The molecule has 1 fully saturated rings. The number of hydrogen-bond acceptors (Lipinski definition) is 2.